The van der Waals surface area contributed by atoms with Crippen molar-refractivity contribution in [3.05, 3.63) is 29.6 Å². The van der Waals surface area contributed by atoms with Crippen molar-refractivity contribution >= 4 is 0 Å². The van der Waals surface area contributed by atoms with Crippen molar-refractivity contribution in [2.75, 3.05) is 27.4 Å². The van der Waals surface area contributed by atoms with Crippen LogP contribution in [0.5, 0.6) is 5.75 Å². The number of hydrogen-bond acceptors (Lipinski definition) is 3. The van der Waals surface area contributed by atoms with E-state index in [-0.39, 0.29) is 5.82 Å². The van der Waals surface area contributed by atoms with E-state index >= 15 is 0 Å². The zero-order valence-corrected chi connectivity index (χ0v) is 9.05. The molecule has 84 valence electrons. The Morgan fingerprint density at radius 1 is 1.33 bits per heavy atom. The van der Waals surface area contributed by atoms with Crippen LogP contribution in [0.25, 0.3) is 0 Å². The maximum Gasteiger partial charge on any atom is 0.131 e. The first-order valence-corrected chi connectivity index (χ1v) is 4.80. The summed E-state index contributed by atoms with van der Waals surface area (Å²) in [5.74, 6) is 0.319. The molecule has 3 nitrogen and oxygen atoms in total. The summed E-state index contributed by atoms with van der Waals surface area (Å²) in [5, 5.41) is 3.07. The third-order valence-corrected chi connectivity index (χ3v) is 2.08. The SMILES string of the molecule is COCCNCc1c(F)cccc1OC. The van der Waals surface area contributed by atoms with Crippen LogP contribution in [0.1, 0.15) is 5.56 Å². The van der Waals surface area contributed by atoms with Gasteiger partial charge in [0.05, 0.1) is 13.7 Å². The molecule has 0 unspecified atom stereocenters. The maximum atomic E-state index is 13.4. The molecule has 0 aliphatic carbocycles. The van der Waals surface area contributed by atoms with Gasteiger partial charge >= 0.3 is 0 Å². The summed E-state index contributed by atoms with van der Waals surface area (Å²) in [6, 6.07) is 4.80. The molecule has 1 N–H and O–H groups in total. The molecular formula is C11H16FNO2. The molecule has 1 aromatic carbocycles. The first-order valence-electron chi connectivity index (χ1n) is 4.80. The summed E-state index contributed by atoms with van der Waals surface area (Å²) in [4.78, 5) is 0. The second-order valence-corrected chi connectivity index (χ2v) is 3.09. The van der Waals surface area contributed by atoms with Gasteiger partial charge in [0.25, 0.3) is 0 Å². The summed E-state index contributed by atoms with van der Waals surface area (Å²) in [6.45, 7) is 1.74. The average Bonchev–Trinajstić information content (AvgIpc) is 2.26. The predicted octanol–water partition coefficient (Wildman–Crippen LogP) is 1.57. The van der Waals surface area contributed by atoms with Crippen LogP contribution in [0.4, 0.5) is 4.39 Å². The summed E-state index contributed by atoms with van der Waals surface area (Å²) in [6.07, 6.45) is 0. The Bertz CT molecular complexity index is 305. The lowest BCUT2D eigenvalue weighted by Crippen LogP contribution is -2.19. The molecule has 0 bridgehead atoms. The van der Waals surface area contributed by atoms with Crippen LogP contribution in [-0.4, -0.2) is 27.4 Å². The van der Waals surface area contributed by atoms with Gasteiger partial charge in [-0.2, -0.15) is 0 Å². The van der Waals surface area contributed by atoms with Crippen LogP contribution in [-0.2, 0) is 11.3 Å². The standard InChI is InChI=1S/C11H16FNO2/c1-14-7-6-13-8-9-10(12)4-3-5-11(9)15-2/h3-5,13H,6-8H2,1-2H3. The van der Waals surface area contributed by atoms with E-state index < -0.39 is 0 Å². The van der Waals surface area contributed by atoms with Gasteiger partial charge < -0.3 is 14.8 Å². The monoisotopic (exact) mass is 213 g/mol. The second kappa shape index (κ2) is 6.37. The molecule has 0 amide bonds. The van der Waals surface area contributed by atoms with E-state index in [9.17, 15) is 4.39 Å². The van der Waals surface area contributed by atoms with E-state index in [2.05, 4.69) is 5.32 Å². The lowest BCUT2D eigenvalue weighted by atomic mass is 10.2. The first kappa shape index (κ1) is 11.9. The Morgan fingerprint density at radius 2 is 2.13 bits per heavy atom. The predicted molar refractivity (Wildman–Crippen MR) is 56.5 cm³/mol. The molecule has 15 heavy (non-hydrogen) atoms. The molecule has 1 rings (SSSR count). The quantitative estimate of drug-likeness (QED) is 0.728. The van der Waals surface area contributed by atoms with Crippen LogP contribution >= 0.6 is 0 Å². The Kier molecular flexibility index (Phi) is 5.07. The summed E-state index contributed by atoms with van der Waals surface area (Å²) in [7, 11) is 3.17. The summed E-state index contributed by atoms with van der Waals surface area (Å²) in [5.41, 5.74) is 0.552. The number of rotatable bonds is 6. The fraction of sp³-hybridized carbons (Fsp3) is 0.455. The molecule has 1 aromatic rings. The molecule has 0 heterocycles. The highest BCUT2D eigenvalue weighted by atomic mass is 19.1. The highest BCUT2D eigenvalue weighted by molar-refractivity contribution is 5.34. The Hall–Kier alpha value is -1.13. The third kappa shape index (κ3) is 3.49. The number of ether oxygens (including phenoxy) is 2. The zero-order valence-electron chi connectivity index (χ0n) is 9.05. The van der Waals surface area contributed by atoms with Crippen molar-refractivity contribution < 1.29 is 13.9 Å². The lowest BCUT2D eigenvalue weighted by molar-refractivity contribution is 0.199. The minimum absolute atomic E-state index is 0.251. The summed E-state index contributed by atoms with van der Waals surface area (Å²) >= 11 is 0. The fourth-order valence-electron chi connectivity index (χ4n) is 1.29. The van der Waals surface area contributed by atoms with Gasteiger partial charge in [0.2, 0.25) is 0 Å². The molecule has 0 saturated heterocycles. The maximum absolute atomic E-state index is 13.4. The third-order valence-electron chi connectivity index (χ3n) is 2.08. The molecule has 0 saturated carbocycles. The normalized spacial score (nSPS) is 10.3. The van der Waals surface area contributed by atoms with E-state index in [0.717, 1.165) is 0 Å². The fourth-order valence-corrected chi connectivity index (χ4v) is 1.29. The highest BCUT2D eigenvalue weighted by Crippen LogP contribution is 2.20. The lowest BCUT2D eigenvalue weighted by Gasteiger charge is -2.10. The van der Waals surface area contributed by atoms with Gasteiger partial charge in [-0.25, -0.2) is 4.39 Å². The molecule has 0 radical (unpaired) electrons. The Labute approximate surface area is 89.2 Å². The van der Waals surface area contributed by atoms with Crippen molar-refractivity contribution in [2.45, 2.75) is 6.54 Å². The Balaban J connectivity index is 2.58. The molecule has 0 aliphatic heterocycles. The van der Waals surface area contributed by atoms with Crippen LogP contribution in [0, 0.1) is 5.82 Å². The van der Waals surface area contributed by atoms with Gasteiger partial charge in [-0.15, -0.1) is 0 Å². The van der Waals surface area contributed by atoms with Gasteiger partial charge in [-0.3, -0.25) is 0 Å². The van der Waals surface area contributed by atoms with Crippen LogP contribution in [0.3, 0.4) is 0 Å². The molecule has 0 aliphatic rings. The molecule has 0 atom stereocenters. The molecule has 4 heteroatoms. The van der Waals surface area contributed by atoms with Gasteiger partial charge in [0.1, 0.15) is 11.6 Å². The van der Waals surface area contributed by atoms with Crippen molar-refractivity contribution in [3.63, 3.8) is 0 Å². The van der Waals surface area contributed by atoms with Crippen LogP contribution < -0.4 is 10.1 Å². The smallest absolute Gasteiger partial charge is 0.131 e. The second-order valence-electron chi connectivity index (χ2n) is 3.09. The van der Waals surface area contributed by atoms with E-state index in [1.165, 1.54) is 13.2 Å². The Morgan fingerprint density at radius 3 is 2.80 bits per heavy atom. The zero-order chi connectivity index (χ0) is 11.1. The first-order chi connectivity index (χ1) is 7.29. The number of benzene rings is 1. The minimum Gasteiger partial charge on any atom is -0.496 e. The van der Waals surface area contributed by atoms with Gasteiger partial charge in [0.15, 0.2) is 0 Å². The van der Waals surface area contributed by atoms with Gasteiger partial charge in [-0.05, 0) is 12.1 Å². The van der Waals surface area contributed by atoms with E-state index in [0.29, 0.717) is 31.0 Å². The van der Waals surface area contributed by atoms with Crippen LogP contribution in [0.15, 0.2) is 18.2 Å². The van der Waals surface area contributed by atoms with Crippen molar-refractivity contribution in [3.8, 4) is 5.75 Å². The molecular weight excluding hydrogens is 197 g/mol. The van der Waals surface area contributed by atoms with Crippen molar-refractivity contribution in [1.29, 1.82) is 0 Å². The van der Waals surface area contributed by atoms with E-state index in [1.807, 2.05) is 0 Å². The van der Waals surface area contributed by atoms with E-state index in [1.54, 1.807) is 19.2 Å². The molecule has 0 aromatic heterocycles. The topological polar surface area (TPSA) is 30.5 Å². The van der Waals surface area contributed by atoms with Crippen molar-refractivity contribution in [2.24, 2.45) is 0 Å². The number of methoxy groups -OCH3 is 2. The highest BCUT2D eigenvalue weighted by Gasteiger charge is 2.07. The average molecular weight is 213 g/mol. The van der Waals surface area contributed by atoms with Crippen molar-refractivity contribution in [1.82, 2.24) is 5.32 Å². The summed E-state index contributed by atoms with van der Waals surface area (Å²) < 4.78 is 23.3. The molecule has 0 fully saturated rings. The van der Waals surface area contributed by atoms with Gasteiger partial charge in [-0.1, -0.05) is 6.07 Å². The number of nitrogens with one attached hydrogen (secondary N) is 1. The van der Waals surface area contributed by atoms with E-state index in [4.69, 9.17) is 9.47 Å². The number of hydrogen-bond donors (Lipinski definition) is 1. The van der Waals surface area contributed by atoms with Crippen LogP contribution in [0.2, 0.25) is 0 Å². The minimum atomic E-state index is -0.251. The number of halogens is 1. The van der Waals surface area contributed by atoms with Gasteiger partial charge in [0, 0.05) is 25.8 Å². The largest absolute Gasteiger partial charge is 0.496 e. The molecule has 0 spiro atoms.